The van der Waals surface area contributed by atoms with Gasteiger partial charge in [-0.2, -0.15) is 0 Å². The lowest BCUT2D eigenvalue weighted by Crippen LogP contribution is -2.33. The van der Waals surface area contributed by atoms with Crippen LogP contribution >= 0.6 is 0 Å². The van der Waals surface area contributed by atoms with Crippen LogP contribution in [0.25, 0.3) is 0 Å². The Morgan fingerprint density at radius 2 is 1.38 bits per heavy atom. The van der Waals surface area contributed by atoms with Crippen molar-refractivity contribution < 1.29 is 14.3 Å². The number of para-hydroxylation sites is 1. The van der Waals surface area contributed by atoms with Crippen molar-refractivity contribution in [2.75, 3.05) is 13.7 Å². The molecule has 0 fully saturated rings. The van der Waals surface area contributed by atoms with E-state index in [9.17, 15) is 4.79 Å². The average Bonchev–Trinajstić information content (AvgIpc) is 2.72. The predicted molar refractivity (Wildman–Crippen MR) is 101 cm³/mol. The van der Waals surface area contributed by atoms with E-state index in [4.69, 9.17) is 9.47 Å². The smallest absolute Gasteiger partial charge is 0.258 e. The first kappa shape index (κ1) is 17.5. The standard InChI is InChI=1S/C22H21NO3/c1-25-19-14-12-18(13-15-19)22(17-8-4-2-5-9-17)23-21(24)16-26-20-10-6-3-7-11-20/h2-15,22H,16H2,1H3,(H,23,24)/t22-/m0/s1. The quantitative estimate of drug-likeness (QED) is 0.703. The van der Waals surface area contributed by atoms with Crippen LogP contribution in [0.4, 0.5) is 0 Å². The molecule has 4 heteroatoms. The Balaban J connectivity index is 1.74. The molecule has 0 heterocycles. The number of ether oxygens (including phenoxy) is 2. The van der Waals surface area contributed by atoms with Crippen molar-refractivity contribution in [1.29, 1.82) is 0 Å². The van der Waals surface area contributed by atoms with Crippen molar-refractivity contribution >= 4 is 5.91 Å². The lowest BCUT2D eigenvalue weighted by atomic mass is 9.98. The van der Waals surface area contributed by atoms with Gasteiger partial charge in [-0.1, -0.05) is 60.7 Å². The van der Waals surface area contributed by atoms with Crippen molar-refractivity contribution in [3.8, 4) is 11.5 Å². The van der Waals surface area contributed by atoms with Gasteiger partial charge in [-0.15, -0.1) is 0 Å². The molecule has 0 aliphatic rings. The first-order valence-electron chi connectivity index (χ1n) is 8.42. The van der Waals surface area contributed by atoms with Gasteiger partial charge >= 0.3 is 0 Å². The van der Waals surface area contributed by atoms with E-state index in [1.165, 1.54) is 0 Å². The summed E-state index contributed by atoms with van der Waals surface area (Å²) in [6, 6.07) is 26.6. The van der Waals surface area contributed by atoms with Crippen LogP contribution in [0.1, 0.15) is 17.2 Å². The van der Waals surface area contributed by atoms with Crippen molar-refractivity contribution in [3.63, 3.8) is 0 Å². The van der Waals surface area contributed by atoms with Crippen LogP contribution in [0.2, 0.25) is 0 Å². The van der Waals surface area contributed by atoms with E-state index in [1.807, 2.05) is 84.9 Å². The zero-order chi connectivity index (χ0) is 18.2. The lowest BCUT2D eigenvalue weighted by Gasteiger charge is -2.20. The SMILES string of the molecule is COc1ccc([C@@H](NC(=O)COc2ccccc2)c2ccccc2)cc1. The number of methoxy groups -OCH3 is 1. The topological polar surface area (TPSA) is 47.6 Å². The molecule has 26 heavy (non-hydrogen) atoms. The lowest BCUT2D eigenvalue weighted by molar-refractivity contribution is -0.123. The number of amides is 1. The van der Waals surface area contributed by atoms with E-state index in [0.717, 1.165) is 16.9 Å². The van der Waals surface area contributed by atoms with Crippen LogP contribution in [0.3, 0.4) is 0 Å². The molecule has 0 radical (unpaired) electrons. The van der Waals surface area contributed by atoms with Crippen molar-refractivity contribution in [1.82, 2.24) is 5.32 Å². The van der Waals surface area contributed by atoms with Crippen LogP contribution in [0.5, 0.6) is 11.5 Å². The summed E-state index contributed by atoms with van der Waals surface area (Å²) in [7, 11) is 1.63. The average molecular weight is 347 g/mol. The fourth-order valence-corrected chi connectivity index (χ4v) is 2.67. The molecule has 3 aromatic rings. The third kappa shape index (κ3) is 4.63. The van der Waals surface area contributed by atoms with Gasteiger partial charge in [0.15, 0.2) is 6.61 Å². The Hall–Kier alpha value is -3.27. The maximum atomic E-state index is 12.4. The monoisotopic (exact) mass is 347 g/mol. The highest BCUT2D eigenvalue weighted by molar-refractivity contribution is 5.78. The van der Waals surface area contributed by atoms with Crippen molar-refractivity contribution in [2.45, 2.75) is 6.04 Å². The fourth-order valence-electron chi connectivity index (χ4n) is 2.67. The molecular weight excluding hydrogens is 326 g/mol. The zero-order valence-electron chi connectivity index (χ0n) is 14.6. The molecule has 0 unspecified atom stereocenters. The third-order valence-electron chi connectivity index (χ3n) is 4.00. The molecule has 0 aliphatic heterocycles. The molecule has 1 atom stereocenters. The number of carbonyl (C=O) groups is 1. The second-order valence-corrected chi connectivity index (χ2v) is 5.79. The molecule has 0 spiro atoms. The van der Waals surface area contributed by atoms with Gasteiger partial charge in [0.1, 0.15) is 11.5 Å². The van der Waals surface area contributed by atoms with Crippen LogP contribution in [-0.2, 0) is 4.79 Å². The normalized spacial score (nSPS) is 11.4. The van der Waals surface area contributed by atoms with Gasteiger partial charge in [-0.05, 0) is 35.4 Å². The summed E-state index contributed by atoms with van der Waals surface area (Å²) in [5, 5.41) is 3.05. The maximum absolute atomic E-state index is 12.4. The highest BCUT2D eigenvalue weighted by Gasteiger charge is 2.17. The number of rotatable bonds is 7. The Morgan fingerprint density at radius 1 is 0.808 bits per heavy atom. The summed E-state index contributed by atoms with van der Waals surface area (Å²) in [5.74, 6) is 1.26. The fraction of sp³-hybridized carbons (Fsp3) is 0.136. The second kappa shape index (κ2) is 8.72. The van der Waals surface area contributed by atoms with Gasteiger partial charge < -0.3 is 14.8 Å². The molecule has 1 N–H and O–H groups in total. The third-order valence-corrected chi connectivity index (χ3v) is 4.00. The minimum atomic E-state index is -0.256. The Morgan fingerprint density at radius 3 is 2.00 bits per heavy atom. The van der Waals surface area contributed by atoms with Gasteiger partial charge in [0, 0.05) is 0 Å². The largest absolute Gasteiger partial charge is 0.497 e. The minimum absolute atomic E-state index is 0.0382. The molecule has 0 saturated carbocycles. The molecule has 0 saturated heterocycles. The number of benzene rings is 3. The molecule has 4 nitrogen and oxygen atoms in total. The Bertz CT molecular complexity index is 817. The predicted octanol–water partition coefficient (Wildman–Crippen LogP) is 3.98. The van der Waals surface area contributed by atoms with Gasteiger partial charge in [0.05, 0.1) is 13.2 Å². The van der Waals surface area contributed by atoms with Gasteiger partial charge in [0.2, 0.25) is 0 Å². The van der Waals surface area contributed by atoms with Crippen molar-refractivity contribution in [3.05, 3.63) is 96.1 Å². The second-order valence-electron chi connectivity index (χ2n) is 5.79. The molecule has 3 aromatic carbocycles. The molecule has 0 aliphatic carbocycles. The summed E-state index contributed by atoms with van der Waals surface area (Å²) in [5.41, 5.74) is 1.98. The van der Waals surface area contributed by atoms with E-state index in [-0.39, 0.29) is 18.6 Å². The van der Waals surface area contributed by atoms with Gasteiger partial charge in [-0.25, -0.2) is 0 Å². The number of nitrogens with one attached hydrogen (secondary N) is 1. The van der Waals surface area contributed by atoms with E-state index in [2.05, 4.69) is 5.32 Å². The Labute approximate surface area is 153 Å². The number of hydrogen-bond acceptors (Lipinski definition) is 3. The van der Waals surface area contributed by atoms with E-state index < -0.39 is 0 Å². The van der Waals surface area contributed by atoms with Crippen LogP contribution in [-0.4, -0.2) is 19.6 Å². The molecular formula is C22H21NO3. The van der Waals surface area contributed by atoms with E-state index in [0.29, 0.717) is 5.75 Å². The number of carbonyl (C=O) groups excluding carboxylic acids is 1. The Kier molecular flexibility index (Phi) is 5.88. The van der Waals surface area contributed by atoms with Crippen LogP contribution in [0, 0.1) is 0 Å². The van der Waals surface area contributed by atoms with Gasteiger partial charge in [0.25, 0.3) is 5.91 Å². The zero-order valence-corrected chi connectivity index (χ0v) is 14.6. The summed E-state index contributed by atoms with van der Waals surface area (Å²) in [4.78, 5) is 12.4. The summed E-state index contributed by atoms with van der Waals surface area (Å²) in [6.07, 6.45) is 0. The highest BCUT2D eigenvalue weighted by Crippen LogP contribution is 2.24. The number of hydrogen-bond donors (Lipinski definition) is 1. The molecule has 0 aromatic heterocycles. The van der Waals surface area contributed by atoms with Gasteiger partial charge in [-0.3, -0.25) is 4.79 Å². The summed E-state index contributed by atoms with van der Waals surface area (Å²) in [6.45, 7) is -0.0382. The van der Waals surface area contributed by atoms with Crippen LogP contribution < -0.4 is 14.8 Å². The van der Waals surface area contributed by atoms with E-state index in [1.54, 1.807) is 7.11 Å². The molecule has 1 amide bonds. The summed E-state index contributed by atoms with van der Waals surface area (Å²) >= 11 is 0. The summed E-state index contributed by atoms with van der Waals surface area (Å²) < 4.78 is 10.8. The van der Waals surface area contributed by atoms with Crippen molar-refractivity contribution in [2.24, 2.45) is 0 Å². The highest BCUT2D eigenvalue weighted by atomic mass is 16.5. The minimum Gasteiger partial charge on any atom is -0.497 e. The first-order valence-corrected chi connectivity index (χ1v) is 8.42. The maximum Gasteiger partial charge on any atom is 0.258 e. The van der Waals surface area contributed by atoms with E-state index >= 15 is 0 Å². The van der Waals surface area contributed by atoms with Crippen LogP contribution in [0.15, 0.2) is 84.9 Å². The molecule has 3 rings (SSSR count). The first-order chi connectivity index (χ1) is 12.8. The molecule has 132 valence electrons. The molecule has 0 bridgehead atoms.